The molecule has 4 nitrogen and oxygen atoms in total. The summed E-state index contributed by atoms with van der Waals surface area (Å²) in [6, 6.07) is 39.0. The number of imidazole rings is 1. The van der Waals surface area contributed by atoms with Crippen molar-refractivity contribution in [3.8, 4) is 45.4 Å². The van der Waals surface area contributed by atoms with E-state index in [0.29, 0.717) is 5.56 Å². The lowest BCUT2D eigenvalue weighted by Gasteiger charge is -2.21. The van der Waals surface area contributed by atoms with E-state index in [1.165, 1.54) is 33.4 Å². The fourth-order valence-electron chi connectivity index (χ4n) is 6.90. The highest BCUT2D eigenvalue weighted by atomic mass is 16.3. The van der Waals surface area contributed by atoms with Gasteiger partial charge in [0.05, 0.1) is 18.9 Å². The average Bonchev–Trinajstić information content (AvgIpc) is 3.68. The van der Waals surface area contributed by atoms with Gasteiger partial charge in [0.15, 0.2) is 11.0 Å². The number of rotatable bonds is 6. The molecule has 0 N–H and O–H groups in total. The fraction of sp³-hybridized carbons (Fsp3) is 0.190. The maximum Gasteiger partial charge on any atom is 0.295 e. The van der Waals surface area contributed by atoms with Gasteiger partial charge in [0.2, 0.25) is 0 Å². The van der Waals surface area contributed by atoms with Crippen LogP contribution in [0.2, 0.25) is 0 Å². The monoisotopic (exact) mass is 600 g/mol. The maximum absolute atomic E-state index is 10.4. The molecule has 0 saturated heterocycles. The SMILES string of the molecule is Cc1c(-c2n(-c3c(C(C)C)cc(-c4ccc(-c5ccccc5)cc4)cc3C(C)C)c3c(C#N)cccc3[n+]2C)ccc2ccoc12. The Bertz CT molecular complexity index is 2250. The molecule has 46 heavy (non-hydrogen) atoms. The minimum atomic E-state index is 0.231. The number of aryl methyl sites for hydroxylation is 2. The number of hydrogen-bond donors (Lipinski definition) is 0. The fourth-order valence-corrected chi connectivity index (χ4v) is 6.90. The summed E-state index contributed by atoms with van der Waals surface area (Å²) < 4.78 is 10.6. The summed E-state index contributed by atoms with van der Waals surface area (Å²) in [6.45, 7) is 11.2. The van der Waals surface area contributed by atoms with E-state index in [0.717, 1.165) is 44.6 Å². The molecule has 0 bridgehead atoms. The number of benzene rings is 5. The molecular weight excluding hydrogens is 562 g/mol. The second kappa shape index (κ2) is 11.5. The number of fused-ring (bicyclic) bond motifs is 2. The molecule has 2 aromatic heterocycles. The van der Waals surface area contributed by atoms with Gasteiger partial charge in [-0.15, -0.1) is 0 Å². The Balaban J connectivity index is 1.54. The van der Waals surface area contributed by atoms with Crippen molar-refractivity contribution in [3.63, 3.8) is 0 Å². The summed E-state index contributed by atoms with van der Waals surface area (Å²) in [4.78, 5) is 0. The summed E-state index contributed by atoms with van der Waals surface area (Å²) >= 11 is 0. The highest BCUT2D eigenvalue weighted by molar-refractivity contribution is 5.90. The van der Waals surface area contributed by atoms with Gasteiger partial charge in [-0.05, 0) is 77.4 Å². The van der Waals surface area contributed by atoms with Crippen LogP contribution in [0.1, 0.15) is 61.8 Å². The molecule has 0 amide bonds. The number of aromatic nitrogens is 2. The first-order valence-electron chi connectivity index (χ1n) is 16.0. The third-order valence-electron chi connectivity index (χ3n) is 9.32. The van der Waals surface area contributed by atoms with Crippen LogP contribution < -0.4 is 4.57 Å². The van der Waals surface area contributed by atoms with Crippen molar-refractivity contribution in [1.82, 2.24) is 4.57 Å². The Morgan fingerprint density at radius 2 is 1.35 bits per heavy atom. The van der Waals surface area contributed by atoms with Crippen molar-refractivity contribution in [2.45, 2.75) is 46.5 Å². The molecular formula is C42H38N3O+. The Morgan fingerprint density at radius 3 is 1.98 bits per heavy atom. The summed E-state index contributed by atoms with van der Waals surface area (Å²) in [7, 11) is 2.11. The molecule has 0 radical (unpaired) electrons. The molecule has 226 valence electrons. The summed E-state index contributed by atoms with van der Waals surface area (Å²) in [6.07, 6.45) is 1.75. The average molecular weight is 601 g/mol. The van der Waals surface area contributed by atoms with E-state index in [1.54, 1.807) is 6.26 Å². The standard InChI is InChI=1S/C42H38N3O/c1-26(2)36-23-34(31-17-15-30(16-18-31)29-11-8-7-9-12-29)24-37(27(3)4)40(36)45-39-33(25-43)13-10-14-38(39)44(6)42(45)35-20-19-32-21-22-46-41(32)28(35)5/h7-24,26-27H,1-6H3/q+1. The largest absolute Gasteiger partial charge is 0.464 e. The van der Waals surface area contributed by atoms with Gasteiger partial charge in [-0.3, -0.25) is 0 Å². The van der Waals surface area contributed by atoms with Crippen molar-refractivity contribution in [1.29, 1.82) is 5.26 Å². The summed E-state index contributed by atoms with van der Waals surface area (Å²) in [5.74, 6) is 1.49. The van der Waals surface area contributed by atoms with Crippen LogP contribution in [-0.4, -0.2) is 4.57 Å². The molecule has 0 aliphatic carbocycles. The van der Waals surface area contributed by atoms with Gasteiger partial charge < -0.3 is 4.42 Å². The lowest BCUT2D eigenvalue weighted by molar-refractivity contribution is -0.633. The van der Waals surface area contributed by atoms with E-state index in [2.05, 4.69) is 142 Å². The first-order valence-corrected chi connectivity index (χ1v) is 16.0. The van der Waals surface area contributed by atoms with Gasteiger partial charge in [0.1, 0.15) is 22.9 Å². The van der Waals surface area contributed by atoms with Gasteiger partial charge in [-0.25, -0.2) is 4.57 Å². The number of furan rings is 1. The molecule has 0 aliphatic rings. The molecule has 2 heterocycles. The Morgan fingerprint density at radius 1 is 0.717 bits per heavy atom. The zero-order valence-electron chi connectivity index (χ0n) is 27.3. The molecule has 4 heteroatoms. The molecule has 0 atom stereocenters. The van der Waals surface area contributed by atoms with E-state index >= 15 is 0 Å². The van der Waals surface area contributed by atoms with Crippen LogP contribution in [0.4, 0.5) is 0 Å². The zero-order chi connectivity index (χ0) is 32.1. The van der Waals surface area contributed by atoms with Gasteiger partial charge >= 0.3 is 0 Å². The van der Waals surface area contributed by atoms with Crippen molar-refractivity contribution >= 4 is 22.0 Å². The Hall–Kier alpha value is -5.40. The minimum absolute atomic E-state index is 0.231. The van der Waals surface area contributed by atoms with Gasteiger partial charge in [0, 0.05) is 22.1 Å². The van der Waals surface area contributed by atoms with Crippen molar-refractivity contribution in [3.05, 3.63) is 132 Å². The maximum atomic E-state index is 10.4. The van der Waals surface area contributed by atoms with Gasteiger partial charge in [-0.1, -0.05) is 94.4 Å². The van der Waals surface area contributed by atoms with E-state index in [9.17, 15) is 5.26 Å². The van der Waals surface area contributed by atoms with Crippen molar-refractivity contribution in [2.75, 3.05) is 0 Å². The van der Waals surface area contributed by atoms with Crippen LogP contribution in [0.3, 0.4) is 0 Å². The second-order valence-corrected chi connectivity index (χ2v) is 12.8. The highest BCUT2D eigenvalue weighted by Gasteiger charge is 2.34. The Labute approximate surface area is 270 Å². The first kappa shape index (κ1) is 29.3. The normalized spacial score (nSPS) is 11.6. The summed E-state index contributed by atoms with van der Waals surface area (Å²) in [5.41, 5.74) is 14.1. The third-order valence-corrected chi connectivity index (χ3v) is 9.32. The molecule has 0 saturated carbocycles. The van der Waals surface area contributed by atoms with E-state index in [1.807, 2.05) is 18.2 Å². The zero-order valence-corrected chi connectivity index (χ0v) is 27.3. The van der Waals surface area contributed by atoms with Crippen LogP contribution in [0, 0.1) is 18.3 Å². The topological polar surface area (TPSA) is 45.7 Å². The van der Waals surface area contributed by atoms with Crippen LogP contribution in [0.5, 0.6) is 0 Å². The lowest BCUT2D eigenvalue weighted by Crippen LogP contribution is -2.30. The van der Waals surface area contributed by atoms with Crippen molar-refractivity contribution < 1.29 is 8.98 Å². The van der Waals surface area contributed by atoms with E-state index in [-0.39, 0.29) is 11.8 Å². The number of nitrogens with zero attached hydrogens (tertiary/aromatic N) is 3. The van der Waals surface area contributed by atoms with Gasteiger partial charge in [0.25, 0.3) is 5.82 Å². The molecule has 0 fully saturated rings. The smallest absolute Gasteiger partial charge is 0.295 e. The molecule has 0 aliphatic heterocycles. The highest BCUT2D eigenvalue weighted by Crippen LogP contribution is 2.41. The minimum Gasteiger partial charge on any atom is -0.464 e. The number of hydrogen-bond acceptors (Lipinski definition) is 2. The van der Waals surface area contributed by atoms with Crippen LogP contribution in [-0.2, 0) is 7.05 Å². The molecule has 7 aromatic rings. The van der Waals surface area contributed by atoms with Crippen LogP contribution in [0.25, 0.3) is 61.3 Å². The molecule has 0 spiro atoms. The molecule has 0 unspecified atom stereocenters. The van der Waals surface area contributed by atoms with E-state index < -0.39 is 0 Å². The van der Waals surface area contributed by atoms with Crippen LogP contribution in [0.15, 0.2) is 114 Å². The lowest BCUT2D eigenvalue weighted by atomic mass is 9.87. The quantitative estimate of drug-likeness (QED) is 0.178. The molecule has 7 rings (SSSR count). The summed E-state index contributed by atoms with van der Waals surface area (Å²) in [5, 5.41) is 11.5. The Kier molecular flexibility index (Phi) is 7.34. The van der Waals surface area contributed by atoms with Crippen LogP contribution >= 0.6 is 0 Å². The predicted octanol–water partition coefficient (Wildman–Crippen LogP) is 10.6. The van der Waals surface area contributed by atoms with Crippen molar-refractivity contribution in [2.24, 2.45) is 7.05 Å². The first-order chi connectivity index (χ1) is 22.3. The predicted molar refractivity (Wildman–Crippen MR) is 188 cm³/mol. The molecule has 5 aromatic carbocycles. The second-order valence-electron chi connectivity index (χ2n) is 12.8. The third kappa shape index (κ3) is 4.71. The van der Waals surface area contributed by atoms with Gasteiger partial charge in [-0.2, -0.15) is 9.83 Å². The number of nitriles is 1. The number of para-hydroxylation sites is 1. The van der Waals surface area contributed by atoms with E-state index in [4.69, 9.17) is 4.42 Å².